The van der Waals surface area contributed by atoms with Crippen LogP contribution in [0.3, 0.4) is 0 Å². The summed E-state index contributed by atoms with van der Waals surface area (Å²) in [5.41, 5.74) is 5.38. The van der Waals surface area contributed by atoms with E-state index in [-0.39, 0.29) is 0 Å². The number of rotatable bonds is 3. The Labute approximate surface area is 108 Å². The summed E-state index contributed by atoms with van der Waals surface area (Å²) in [5, 5.41) is 5.67. The Kier molecular flexibility index (Phi) is 4.60. The van der Waals surface area contributed by atoms with Gasteiger partial charge in [-0.3, -0.25) is 10.1 Å². The molecular weight excluding hydrogens is 265 g/mol. The number of halogens is 2. The molecular formula is C10H11Cl2N3O2. The maximum absolute atomic E-state index is 11.4. The van der Waals surface area contributed by atoms with E-state index in [1.807, 2.05) is 5.32 Å². The van der Waals surface area contributed by atoms with Crippen LogP contribution in [0.4, 0.5) is 10.5 Å². The van der Waals surface area contributed by atoms with Gasteiger partial charge in [0.2, 0.25) is 5.91 Å². The fourth-order valence-electron chi connectivity index (χ4n) is 1.14. The first-order valence-corrected chi connectivity index (χ1v) is 5.47. The van der Waals surface area contributed by atoms with Crippen LogP contribution in [0.5, 0.6) is 0 Å². The molecule has 0 aliphatic heterocycles. The fourth-order valence-corrected chi connectivity index (χ4v) is 1.60. The number of carbonyl (C=O) groups excluding carboxylic acids is 2. The van der Waals surface area contributed by atoms with Gasteiger partial charge in [0.1, 0.15) is 6.04 Å². The van der Waals surface area contributed by atoms with E-state index in [1.165, 1.54) is 0 Å². The second kappa shape index (κ2) is 5.75. The van der Waals surface area contributed by atoms with Crippen molar-refractivity contribution in [2.75, 3.05) is 5.32 Å². The molecule has 0 heterocycles. The monoisotopic (exact) mass is 275 g/mol. The number of nitrogens with two attached hydrogens (primary N) is 1. The third-order valence-electron chi connectivity index (χ3n) is 1.94. The molecule has 0 bridgehead atoms. The van der Waals surface area contributed by atoms with Crippen LogP contribution in [0, 0.1) is 0 Å². The number of nitrogens with one attached hydrogen (secondary N) is 2. The molecule has 7 heteroatoms. The minimum atomic E-state index is -0.897. The van der Waals surface area contributed by atoms with Crippen molar-refractivity contribution in [1.82, 2.24) is 5.32 Å². The van der Waals surface area contributed by atoms with Crippen molar-refractivity contribution >= 4 is 40.8 Å². The van der Waals surface area contributed by atoms with Gasteiger partial charge in [0.25, 0.3) is 0 Å². The van der Waals surface area contributed by atoms with E-state index in [1.54, 1.807) is 25.1 Å². The number of benzene rings is 1. The molecule has 5 nitrogen and oxygen atoms in total. The highest BCUT2D eigenvalue weighted by Crippen LogP contribution is 2.25. The first kappa shape index (κ1) is 13.6. The summed E-state index contributed by atoms with van der Waals surface area (Å²) in [5.74, 6) is -0.538. The molecule has 0 saturated carbocycles. The minimum Gasteiger partial charge on any atom is -0.373 e. The first-order valence-electron chi connectivity index (χ1n) is 4.72. The standard InChI is InChI=1S/C10H11Cl2N3O2/c1-5(9(16)15-10(13)17)14-8-3-2-6(11)4-7(8)12/h2-5,14H,1H3,(H3,13,15,16,17). The van der Waals surface area contributed by atoms with Crippen molar-refractivity contribution in [1.29, 1.82) is 0 Å². The Bertz CT molecular complexity index is 451. The highest BCUT2D eigenvalue weighted by Gasteiger charge is 2.15. The molecule has 92 valence electrons. The van der Waals surface area contributed by atoms with E-state index < -0.39 is 18.0 Å². The van der Waals surface area contributed by atoms with Crippen LogP contribution < -0.4 is 16.4 Å². The number of primary amides is 1. The van der Waals surface area contributed by atoms with Crippen LogP contribution in [0.15, 0.2) is 18.2 Å². The van der Waals surface area contributed by atoms with Gasteiger partial charge in [0, 0.05) is 5.02 Å². The molecule has 4 N–H and O–H groups in total. The topological polar surface area (TPSA) is 84.2 Å². The van der Waals surface area contributed by atoms with Crippen molar-refractivity contribution in [2.24, 2.45) is 5.73 Å². The van der Waals surface area contributed by atoms with Crippen molar-refractivity contribution in [3.63, 3.8) is 0 Å². The number of imide groups is 1. The van der Waals surface area contributed by atoms with Gasteiger partial charge in [-0.15, -0.1) is 0 Å². The lowest BCUT2D eigenvalue weighted by Crippen LogP contribution is -2.43. The minimum absolute atomic E-state index is 0.385. The van der Waals surface area contributed by atoms with E-state index in [0.29, 0.717) is 15.7 Å². The van der Waals surface area contributed by atoms with Crippen LogP contribution in [0.1, 0.15) is 6.92 Å². The Morgan fingerprint density at radius 2 is 2.00 bits per heavy atom. The summed E-state index contributed by atoms with van der Waals surface area (Å²) in [7, 11) is 0. The highest BCUT2D eigenvalue weighted by molar-refractivity contribution is 6.36. The molecule has 0 aromatic heterocycles. The molecule has 0 aliphatic rings. The number of urea groups is 1. The Hall–Kier alpha value is -1.46. The second-order valence-electron chi connectivity index (χ2n) is 3.34. The van der Waals surface area contributed by atoms with Crippen molar-refractivity contribution in [3.8, 4) is 0 Å². The molecule has 3 amide bonds. The smallest absolute Gasteiger partial charge is 0.318 e. The van der Waals surface area contributed by atoms with Crippen molar-refractivity contribution in [2.45, 2.75) is 13.0 Å². The predicted octanol–water partition coefficient (Wildman–Crippen LogP) is 1.99. The molecule has 1 rings (SSSR count). The number of amides is 3. The highest BCUT2D eigenvalue weighted by atomic mass is 35.5. The van der Waals surface area contributed by atoms with Gasteiger partial charge in [-0.05, 0) is 25.1 Å². The maximum atomic E-state index is 11.4. The number of hydrogen-bond acceptors (Lipinski definition) is 3. The molecule has 0 saturated heterocycles. The molecule has 0 fully saturated rings. The van der Waals surface area contributed by atoms with E-state index in [9.17, 15) is 9.59 Å². The summed E-state index contributed by atoms with van der Waals surface area (Å²) in [6.07, 6.45) is 0. The Balaban J connectivity index is 2.70. The molecule has 1 aromatic carbocycles. The molecule has 1 atom stereocenters. The maximum Gasteiger partial charge on any atom is 0.318 e. The van der Waals surface area contributed by atoms with Gasteiger partial charge in [0.05, 0.1) is 10.7 Å². The third-order valence-corrected chi connectivity index (χ3v) is 2.49. The SMILES string of the molecule is CC(Nc1ccc(Cl)cc1Cl)C(=O)NC(N)=O. The average Bonchev–Trinajstić information content (AvgIpc) is 2.21. The van der Waals surface area contributed by atoms with Gasteiger partial charge in [0.15, 0.2) is 0 Å². The van der Waals surface area contributed by atoms with E-state index >= 15 is 0 Å². The van der Waals surface area contributed by atoms with Crippen molar-refractivity contribution in [3.05, 3.63) is 28.2 Å². The molecule has 0 spiro atoms. The summed E-state index contributed by atoms with van der Waals surface area (Å²) in [6, 6.07) is 3.27. The van der Waals surface area contributed by atoms with Crippen LogP contribution in [-0.4, -0.2) is 18.0 Å². The average molecular weight is 276 g/mol. The van der Waals surface area contributed by atoms with Gasteiger partial charge >= 0.3 is 6.03 Å². The van der Waals surface area contributed by atoms with Crippen LogP contribution >= 0.6 is 23.2 Å². The van der Waals surface area contributed by atoms with Crippen LogP contribution in [0.25, 0.3) is 0 Å². The van der Waals surface area contributed by atoms with Gasteiger partial charge in [-0.25, -0.2) is 4.79 Å². The van der Waals surface area contributed by atoms with Gasteiger partial charge < -0.3 is 11.1 Å². The molecule has 0 aliphatic carbocycles. The van der Waals surface area contributed by atoms with Crippen LogP contribution in [-0.2, 0) is 4.79 Å². The van der Waals surface area contributed by atoms with Gasteiger partial charge in [-0.2, -0.15) is 0 Å². The quantitative estimate of drug-likeness (QED) is 0.789. The Morgan fingerprint density at radius 3 is 2.53 bits per heavy atom. The lowest BCUT2D eigenvalue weighted by atomic mass is 10.2. The zero-order chi connectivity index (χ0) is 13.0. The summed E-state index contributed by atoms with van der Waals surface area (Å²) < 4.78 is 0. The second-order valence-corrected chi connectivity index (χ2v) is 4.19. The molecule has 1 unspecified atom stereocenters. The largest absolute Gasteiger partial charge is 0.373 e. The zero-order valence-corrected chi connectivity index (χ0v) is 10.5. The van der Waals surface area contributed by atoms with Crippen molar-refractivity contribution < 1.29 is 9.59 Å². The predicted molar refractivity (Wildman–Crippen MR) is 67.3 cm³/mol. The summed E-state index contributed by atoms with van der Waals surface area (Å²) in [4.78, 5) is 21.9. The third kappa shape index (κ3) is 4.13. The summed E-state index contributed by atoms with van der Waals surface area (Å²) >= 11 is 11.6. The first-order chi connectivity index (χ1) is 7.90. The lowest BCUT2D eigenvalue weighted by Gasteiger charge is -2.15. The van der Waals surface area contributed by atoms with E-state index in [0.717, 1.165) is 0 Å². The van der Waals surface area contributed by atoms with E-state index in [4.69, 9.17) is 28.9 Å². The number of carbonyl (C=O) groups is 2. The van der Waals surface area contributed by atoms with Gasteiger partial charge in [-0.1, -0.05) is 23.2 Å². The van der Waals surface area contributed by atoms with E-state index in [2.05, 4.69) is 5.32 Å². The molecule has 0 radical (unpaired) electrons. The number of anilines is 1. The lowest BCUT2D eigenvalue weighted by molar-refractivity contribution is -0.120. The normalized spacial score (nSPS) is 11.7. The fraction of sp³-hybridized carbons (Fsp3) is 0.200. The van der Waals surface area contributed by atoms with Crippen LogP contribution in [0.2, 0.25) is 10.0 Å². The molecule has 1 aromatic rings. The zero-order valence-electron chi connectivity index (χ0n) is 8.96. The number of hydrogen-bond donors (Lipinski definition) is 3. The Morgan fingerprint density at radius 1 is 1.35 bits per heavy atom. The summed E-state index contributed by atoms with van der Waals surface area (Å²) in [6.45, 7) is 1.57. The molecule has 17 heavy (non-hydrogen) atoms.